The molecule has 28 heavy (non-hydrogen) atoms. The van der Waals surface area contributed by atoms with Gasteiger partial charge in [-0.2, -0.15) is 5.10 Å². The van der Waals surface area contributed by atoms with Gasteiger partial charge in [-0.05, 0) is 67.3 Å². The van der Waals surface area contributed by atoms with Crippen LogP contribution in [0.25, 0.3) is 22.2 Å². The molecule has 4 nitrogen and oxygen atoms in total. The molecule has 1 heterocycles. The molecule has 0 aliphatic carbocycles. The lowest BCUT2D eigenvalue weighted by Gasteiger charge is -2.26. The minimum Gasteiger partial charge on any atom is -0.468 e. The smallest absolute Gasteiger partial charge is 0.315 e. The van der Waals surface area contributed by atoms with Crippen LogP contribution in [-0.2, 0) is 9.53 Å². The Bertz CT molecular complexity index is 1030. The molecule has 0 unspecified atom stereocenters. The number of rotatable bonds is 5. The third-order valence-corrected chi connectivity index (χ3v) is 4.82. The van der Waals surface area contributed by atoms with Gasteiger partial charge in [-0.1, -0.05) is 26.0 Å². The van der Waals surface area contributed by atoms with E-state index in [9.17, 15) is 9.18 Å². The topological polar surface area (TPSA) is 44.1 Å². The molecule has 2 aromatic carbocycles. The van der Waals surface area contributed by atoms with Gasteiger partial charge in [0.05, 0.1) is 29.9 Å². The first-order valence-electron chi connectivity index (χ1n) is 9.29. The Labute approximate surface area is 164 Å². The lowest BCUT2D eigenvalue weighted by atomic mass is 9.78. The maximum Gasteiger partial charge on any atom is 0.315 e. The average Bonchev–Trinajstić information content (AvgIpc) is 3.08. The molecular formula is C23H25FN2O2. The number of ether oxygens (including phenoxy) is 1. The zero-order valence-electron chi connectivity index (χ0n) is 16.9. The Morgan fingerprint density at radius 3 is 2.46 bits per heavy atom. The van der Waals surface area contributed by atoms with E-state index in [1.54, 1.807) is 23.0 Å². The number of hydrogen-bond acceptors (Lipinski definition) is 3. The maximum atomic E-state index is 13.2. The first-order chi connectivity index (χ1) is 13.2. The van der Waals surface area contributed by atoms with Crippen LogP contribution in [0.2, 0.25) is 0 Å². The number of halogens is 1. The molecule has 3 rings (SSSR count). The van der Waals surface area contributed by atoms with Gasteiger partial charge in [0.2, 0.25) is 0 Å². The Morgan fingerprint density at radius 2 is 1.86 bits per heavy atom. The summed E-state index contributed by atoms with van der Waals surface area (Å²) in [6, 6.07) is 12.2. The van der Waals surface area contributed by atoms with Gasteiger partial charge in [-0.15, -0.1) is 0 Å². The van der Waals surface area contributed by atoms with Crippen LogP contribution in [0, 0.1) is 17.2 Å². The fourth-order valence-electron chi connectivity index (χ4n) is 3.35. The first kappa shape index (κ1) is 19.8. The van der Waals surface area contributed by atoms with Gasteiger partial charge in [-0.3, -0.25) is 4.79 Å². The first-order valence-corrected chi connectivity index (χ1v) is 9.29. The van der Waals surface area contributed by atoms with E-state index in [0.717, 1.165) is 27.7 Å². The molecule has 0 bridgehead atoms. The summed E-state index contributed by atoms with van der Waals surface area (Å²) in [4.78, 5) is 12.4. The number of nitrogens with zero attached hydrogens (tertiary/aromatic N) is 2. The predicted molar refractivity (Wildman–Crippen MR) is 110 cm³/mol. The van der Waals surface area contributed by atoms with E-state index in [4.69, 9.17) is 4.74 Å². The zero-order chi connectivity index (χ0) is 20.5. The number of carbonyl (C=O) groups excluding carboxylic acids is 1. The van der Waals surface area contributed by atoms with Gasteiger partial charge in [0.25, 0.3) is 0 Å². The Balaban J connectivity index is 2.10. The zero-order valence-corrected chi connectivity index (χ0v) is 16.9. The monoisotopic (exact) mass is 380 g/mol. The molecule has 1 aromatic heterocycles. The second kappa shape index (κ2) is 7.58. The molecule has 5 heteroatoms. The van der Waals surface area contributed by atoms with E-state index in [1.165, 1.54) is 19.2 Å². The van der Waals surface area contributed by atoms with Gasteiger partial charge in [0.15, 0.2) is 0 Å². The highest BCUT2D eigenvalue weighted by Gasteiger charge is 2.34. The van der Waals surface area contributed by atoms with Crippen LogP contribution >= 0.6 is 0 Å². The lowest BCUT2D eigenvalue weighted by molar-refractivity contribution is -0.147. The SMILES string of the molecule is COC(=O)C(C)(C)C(=CC(C)C)c1ccc2c(cnn2-c2ccc(F)cc2)c1. The number of hydrogen-bond donors (Lipinski definition) is 0. The molecule has 3 aromatic rings. The van der Waals surface area contributed by atoms with Crippen molar-refractivity contribution in [3.8, 4) is 5.69 Å². The van der Waals surface area contributed by atoms with Crippen LogP contribution in [0.4, 0.5) is 4.39 Å². The number of methoxy groups -OCH3 is 1. The summed E-state index contributed by atoms with van der Waals surface area (Å²) in [5, 5.41) is 5.39. The van der Waals surface area contributed by atoms with E-state index in [0.29, 0.717) is 0 Å². The summed E-state index contributed by atoms with van der Waals surface area (Å²) < 4.78 is 20.0. The highest BCUT2D eigenvalue weighted by atomic mass is 19.1. The summed E-state index contributed by atoms with van der Waals surface area (Å²) in [6.45, 7) is 7.91. The average molecular weight is 380 g/mol. The van der Waals surface area contributed by atoms with E-state index in [-0.39, 0.29) is 17.7 Å². The normalized spacial score (nSPS) is 12.6. The molecule has 0 aliphatic heterocycles. The van der Waals surface area contributed by atoms with Crippen LogP contribution in [0.1, 0.15) is 33.3 Å². The Morgan fingerprint density at radius 1 is 1.18 bits per heavy atom. The summed E-state index contributed by atoms with van der Waals surface area (Å²) in [5.74, 6) is -0.283. The van der Waals surface area contributed by atoms with Gasteiger partial charge < -0.3 is 4.74 Å². The van der Waals surface area contributed by atoms with Crippen LogP contribution < -0.4 is 0 Å². The molecule has 0 spiro atoms. The van der Waals surface area contributed by atoms with Crippen molar-refractivity contribution in [3.05, 3.63) is 66.1 Å². The molecule has 0 amide bonds. The molecule has 146 valence electrons. The number of esters is 1. The minimum atomic E-state index is -0.778. The van der Waals surface area contributed by atoms with Crippen LogP contribution in [0.15, 0.2) is 54.7 Å². The summed E-state index contributed by atoms with van der Waals surface area (Å²) in [7, 11) is 1.41. The fraction of sp³-hybridized carbons (Fsp3) is 0.304. The second-order valence-electron chi connectivity index (χ2n) is 7.75. The van der Waals surface area contributed by atoms with Crippen molar-refractivity contribution in [3.63, 3.8) is 0 Å². The van der Waals surface area contributed by atoms with Gasteiger partial charge in [0.1, 0.15) is 5.82 Å². The standard InChI is InChI=1S/C23H25FN2O2/c1-15(2)12-20(23(3,4)22(27)28-5)16-6-11-21-17(13-16)14-25-26(21)19-9-7-18(24)8-10-19/h6-15H,1-5H3. The highest BCUT2D eigenvalue weighted by Crippen LogP contribution is 2.38. The third-order valence-electron chi connectivity index (χ3n) is 4.82. The number of aromatic nitrogens is 2. The van der Waals surface area contributed by atoms with Crippen LogP contribution in [0.3, 0.4) is 0 Å². The van der Waals surface area contributed by atoms with Gasteiger partial charge >= 0.3 is 5.97 Å². The molecule has 0 aliphatic rings. The number of allylic oxidation sites excluding steroid dienone is 1. The number of fused-ring (bicyclic) bond motifs is 1. The van der Waals surface area contributed by atoms with E-state index in [1.807, 2.05) is 32.0 Å². The fourth-order valence-corrected chi connectivity index (χ4v) is 3.35. The summed E-state index contributed by atoms with van der Waals surface area (Å²) in [5.41, 5.74) is 2.80. The Hall–Kier alpha value is -2.95. The largest absolute Gasteiger partial charge is 0.468 e. The van der Waals surface area contributed by atoms with Gasteiger partial charge in [-0.25, -0.2) is 9.07 Å². The quantitative estimate of drug-likeness (QED) is 0.557. The van der Waals surface area contributed by atoms with Crippen molar-refractivity contribution in [1.29, 1.82) is 0 Å². The molecule has 0 fully saturated rings. The summed E-state index contributed by atoms with van der Waals surface area (Å²) in [6.07, 6.45) is 3.88. The summed E-state index contributed by atoms with van der Waals surface area (Å²) >= 11 is 0. The molecule has 0 radical (unpaired) electrons. The van der Waals surface area contributed by atoms with Crippen molar-refractivity contribution in [2.75, 3.05) is 7.11 Å². The van der Waals surface area contributed by atoms with Crippen LogP contribution in [-0.4, -0.2) is 22.9 Å². The predicted octanol–water partition coefficient (Wildman–Crippen LogP) is 5.40. The van der Waals surface area contributed by atoms with Gasteiger partial charge in [0, 0.05) is 5.39 Å². The number of carbonyl (C=O) groups is 1. The highest BCUT2D eigenvalue weighted by molar-refractivity contribution is 5.94. The van der Waals surface area contributed by atoms with Crippen molar-refractivity contribution >= 4 is 22.4 Å². The maximum absolute atomic E-state index is 13.2. The molecule has 0 N–H and O–H groups in total. The van der Waals surface area contributed by atoms with Crippen molar-refractivity contribution in [2.45, 2.75) is 27.7 Å². The van der Waals surface area contributed by atoms with E-state index >= 15 is 0 Å². The van der Waals surface area contributed by atoms with E-state index in [2.05, 4.69) is 25.0 Å². The lowest BCUT2D eigenvalue weighted by Crippen LogP contribution is -2.27. The Kier molecular flexibility index (Phi) is 5.36. The second-order valence-corrected chi connectivity index (χ2v) is 7.75. The van der Waals surface area contributed by atoms with E-state index < -0.39 is 5.41 Å². The minimum absolute atomic E-state index is 0.275. The molecular weight excluding hydrogens is 355 g/mol. The van der Waals surface area contributed by atoms with Crippen LogP contribution in [0.5, 0.6) is 0 Å². The molecule has 0 saturated heterocycles. The van der Waals surface area contributed by atoms with Crippen molar-refractivity contribution in [1.82, 2.24) is 9.78 Å². The number of benzene rings is 2. The van der Waals surface area contributed by atoms with Crippen molar-refractivity contribution < 1.29 is 13.9 Å². The van der Waals surface area contributed by atoms with Crippen molar-refractivity contribution in [2.24, 2.45) is 11.3 Å². The molecule has 0 atom stereocenters. The third kappa shape index (κ3) is 3.70. The molecule has 0 saturated carbocycles.